The molecule has 1 aromatic carbocycles. The number of pyridine rings is 1. The predicted molar refractivity (Wildman–Crippen MR) is 120 cm³/mol. The first-order chi connectivity index (χ1) is 15.1. The van der Waals surface area contributed by atoms with Crippen LogP contribution in [-0.4, -0.2) is 52.0 Å². The number of nitrogens with zero attached hydrogens (tertiary/aromatic N) is 3. The minimum Gasteiger partial charge on any atom is -0.506 e. The number of nitrogens with one attached hydrogen (secondary N) is 2. The molecule has 3 aromatic rings. The Labute approximate surface area is 181 Å². The summed E-state index contributed by atoms with van der Waals surface area (Å²) in [6, 6.07) is 6.96. The van der Waals surface area contributed by atoms with Crippen molar-refractivity contribution in [1.29, 1.82) is 0 Å². The van der Waals surface area contributed by atoms with Crippen molar-refractivity contribution in [2.45, 2.75) is 38.8 Å². The van der Waals surface area contributed by atoms with Crippen molar-refractivity contribution in [3.8, 4) is 17.2 Å². The van der Waals surface area contributed by atoms with Gasteiger partial charge in [0.15, 0.2) is 5.82 Å². The first-order valence-corrected chi connectivity index (χ1v) is 10.3. The monoisotopic (exact) mass is 427 g/mol. The average molecular weight is 428 g/mol. The molecule has 9 nitrogen and oxygen atoms in total. The fraction of sp³-hybridized carbons (Fsp3) is 0.409. The Balaban J connectivity index is 1.88. The first-order valence-electron chi connectivity index (χ1n) is 10.3. The molecule has 0 bridgehead atoms. The molecule has 9 heteroatoms. The smallest absolute Gasteiger partial charge is 0.225 e. The van der Waals surface area contributed by atoms with Crippen molar-refractivity contribution < 1.29 is 19.7 Å². The highest BCUT2D eigenvalue weighted by atomic mass is 16.5. The van der Waals surface area contributed by atoms with Crippen LogP contribution in [0, 0.1) is 0 Å². The summed E-state index contributed by atoms with van der Waals surface area (Å²) >= 11 is 0. The SMILES string of the molecule is CCCCC(CO)Nc1nc(NCc2ccc(OC)cc2OC)nc2cc(O)cnc12. The van der Waals surface area contributed by atoms with Gasteiger partial charge in [-0.25, -0.2) is 9.97 Å². The summed E-state index contributed by atoms with van der Waals surface area (Å²) in [5, 5.41) is 26.1. The number of benzene rings is 1. The molecule has 1 atom stereocenters. The molecule has 31 heavy (non-hydrogen) atoms. The summed E-state index contributed by atoms with van der Waals surface area (Å²) < 4.78 is 10.7. The maximum atomic E-state index is 9.85. The van der Waals surface area contributed by atoms with Crippen LogP contribution in [-0.2, 0) is 6.54 Å². The molecule has 0 aliphatic rings. The van der Waals surface area contributed by atoms with Crippen LogP contribution in [0.2, 0.25) is 0 Å². The van der Waals surface area contributed by atoms with Gasteiger partial charge in [-0.3, -0.25) is 0 Å². The fourth-order valence-electron chi connectivity index (χ4n) is 3.21. The van der Waals surface area contributed by atoms with Gasteiger partial charge in [-0.1, -0.05) is 19.8 Å². The van der Waals surface area contributed by atoms with Crippen LogP contribution in [0.5, 0.6) is 17.2 Å². The maximum absolute atomic E-state index is 9.85. The lowest BCUT2D eigenvalue weighted by Crippen LogP contribution is -2.25. The Morgan fingerprint density at radius 2 is 1.97 bits per heavy atom. The van der Waals surface area contributed by atoms with E-state index in [1.807, 2.05) is 18.2 Å². The van der Waals surface area contributed by atoms with Crippen molar-refractivity contribution in [2.24, 2.45) is 0 Å². The summed E-state index contributed by atoms with van der Waals surface area (Å²) in [4.78, 5) is 13.3. The highest BCUT2D eigenvalue weighted by molar-refractivity contribution is 5.87. The Morgan fingerprint density at radius 1 is 1.13 bits per heavy atom. The van der Waals surface area contributed by atoms with E-state index in [2.05, 4.69) is 32.5 Å². The Morgan fingerprint density at radius 3 is 2.68 bits per heavy atom. The molecular weight excluding hydrogens is 398 g/mol. The number of ether oxygens (including phenoxy) is 2. The van der Waals surface area contributed by atoms with Crippen molar-refractivity contribution in [3.63, 3.8) is 0 Å². The number of aliphatic hydroxyl groups is 1. The van der Waals surface area contributed by atoms with E-state index in [0.29, 0.717) is 40.8 Å². The second kappa shape index (κ2) is 10.6. The third-order valence-electron chi connectivity index (χ3n) is 4.92. The van der Waals surface area contributed by atoms with Gasteiger partial charge in [-0.05, 0) is 18.6 Å². The molecule has 0 aliphatic carbocycles. The second-order valence-electron chi connectivity index (χ2n) is 7.15. The first kappa shape index (κ1) is 22.4. The van der Waals surface area contributed by atoms with Crippen LogP contribution < -0.4 is 20.1 Å². The lowest BCUT2D eigenvalue weighted by atomic mass is 10.1. The minimum atomic E-state index is -0.150. The van der Waals surface area contributed by atoms with Crippen molar-refractivity contribution in [1.82, 2.24) is 15.0 Å². The van der Waals surface area contributed by atoms with Crippen molar-refractivity contribution in [2.75, 3.05) is 31.5 Å². The largest absolute Gasteiger partial charge is 0.506 e. The number of hydrogen-bond acceptors (Lipinski definition) is 9. The summed E-state index contributed by atoms with van der Waals surface area (Å²) in [5.74, 6) is 2.28. The molecule has 0 amide bonds. The molecule has 0 spiro atoms. The number of hydrogen-bond donors (Lipinski definition) is 4. The Hall–Kier alpha value is -3.33. The molecule has 1 unspecified atom stereocenters. The van der Waals surface area contributed by atoms with Crippen LogP contribution >= 0.6 is 0 Å². The lowest BCUT2D eigenvalue weighted by Gasteiger charge is -2.18. The molecule has 166 valence electrons. The number of methoxy groups -OCH3 is 2. The van der Waals surface area contributed by atoms with Gasteiger partial charge in [0, 0.05) is 24.2 Å². The maximum Gasteiger partial charge on any atom is 0.225 e. The topological polar surface area (TPSA) is 122 Å². The van der Waals surface area contributed by atoms with Gasteiger partial charge in [-0.2, -0.15) is 4.98 Å². The average Bonchev–Trinajstić information content (AvgIpc) is 2.79. The van der Waals surface area contributed by atoms with Crippen LogP contribution in [0.25, 0.3) is 11.0 Å². The summed E-state index contributed by atoms with van der Waals surface area (Å²) in [6.07, 6.45) is 4.18. The Kier molecular flexibility index (Phi) is 7.66. The second-order valence-corrected chi connectivity index (χ2v) is 7.15. The van der Waals surface area contributed by atoms with E-state index in [1.54, 1.807) is 14.2 Å². The number of unbranched alkanes of at least 4 members (excludes halogenated alkanes) is 1. The normalized spacial score (nSPS) is 11.9. The van der Waals surface area contributed by atoms with Crippen LogP contribution in [0.15, 0.2) is 30.5 Å². The zero-order valence-corrected chi connectivity index (χ0v) is 18.1. The summed E-state index contributed by atoms with van der Waals surface area (Å²) in [7, 11) is 3.21. The van der Waals surface area contributed by atoms with Crippen molar-refractivity contribution >= 4 is 22.8 Å². The Bertz CT molecular complexity index is 1010. The fourth-order valence-corrected chi connectivity index (χ4v) is 3.21. The zero-order valence-electron chi connectivity index (χ0n) is 18.1. The third-order valence-corrected chi connectivity index (χ3v) is 4.92. The number of aromatic hydroxyl groups is 1. The van der Waals surface area contributed by atoms with Crippen LogP contribution in [0.1, 0.15) is 31.7 Å². The van der Waals surface area contributed by atoms with Crippen LogP contribution in [0.4, 0.5) is 11.8 Å². The van der Waals surface area contributed by atoms with E-state index in [1.165, 1.54) is 12.3 Å². The molecule has 3 rings (SSSR count). The van der Waals surface area contributed by atoms with Gasteiger partial charge in [-0.15, -0.1) is 0 Å². The highest BCUT2D eigenvalue weighted by Crippen LogP contribution is 2.27. The van der Waals surface area contributed by atoms with Crippen LogP contribution in [0.3, 0.4) is 0 Å². The van der Waals surface area contributed by atoms with E-state index in [4.69, 9.17) is 9.47 Å². The van der Waals surface area contributed by atoms with Crippen molar-refractivity contribution in [3.05, 3.63) is 36.0 Å². The predicted octanol–water partition coefficient (Wildman–Crippen LogP) is 3.32. The number of rotatable bonds is 11. The summed E-state index contributed by atoms with van der Waals surface area (Å²) in [5.41, 5.74) is 1.93. The zero-order chi connectivity index (χ0) is 22.2. The van der Waals surface area contributed by atoms with Gasteiger partial charge in [0.25, 0.3) is 0 Å². The van der Waals surface area contributed by atoms with Gasteiger partial charge < -0.3 is 30.3 Å². The van der Waals surface area contributed by atoms with Gasteiger partial charge >= 0.3 is 0 Å². The standard InChI is InChI=1S/C22H29N5O4/c1-4-5-6-15(13-28)25-21-20-18(9-16(29)12-23-20)26-22(27-21)24-11-14-7-8-17(30-2)10-19(14)31-3/h7-10,12,15,28-29H,4-6,11,13H2,1-3H3,(H2,24,25,26,27). The molecule has 0 fully saturated rings. The molecule has 0 saturated carbocycles. The molecule has 2 aromatic heterocycles. The van der Waals surface area contributed by atoms with E-state index < -0.39 is 0 Å². The quantitative estimate of drug-likeness (QED) is 0.365. The number of aliphatic hydroxyl groups excluding tert-OH is 1. The van der Waals surface area contributed by atoms with E-state index >= 15 is 0 Å². The molecular formula is C22H29N5O4. The van der Waals surface area contributed by atoms with Gasteiger partial charge in [0.1, 0.15) is 28.3 Å². The third kappa shape index (κ3) is 5.64. The van der Waals surface area contributed by atoms with Gasteiger partial charge in [0.05, 0.1) is 33.1 Å². The lowest BCUT2D eigenvalue weighted by molar-refractivity contribution is 0.267. The number of anilines is 2. The minimum absolute atomic E-state index is 0.0182. The number of aromatic nitrogens is 3. The molecule has 0 aliphatic heterocycles. The van der Waals surface area contributed by atoms with E-state index in [9.17, 15) is 10.2 Å². The molecule has 4 N–H and O–H groups in total. The molecule has 0 saturated heterocycles. The van der Waals surface area contributed by atoms with E-state index in [0.717, 1.165) is 24.8 Å². The highest BCUT2D eigenvalue weighted by Gasteiger charge is 2.15. The number of fused-ring (bicyclic) bond motifs is 1. The molecule has 2 heterocycles. The van der Waals surface area contributed by atoms with E-state index in [-0.39, 0.29) is 18.4 Å². The summed E-state index contributed by atoms with van der Waals surface area (Å²) in [6.45, 7) is 2.51. The molecule has 0 radical (unpaired) electrons. The van der Waals surface area contributed by atoms with Gasteiger partial charge in [0.2, 0.25) is 5.95 Å².